The predicted octanol–water partition coefficient (Wildman–Crippen LogP) is 1.82. The first-order valence-electron chi connectivity index (χ1n) is 7.12. The van der Waals surface area contributed by atoms with Crippen LogP contribution in [0.3, 0.4) is 0 Å². The van der Waals surface area contributed by atoms with E-state index in [0.29, 0.717) is 30.2 Å². The third kappa shape index (κ3) is 3.76. The van der Waals surface area contributed by atoms with Crippen LogP contribution in [0, 0.1) is 0 Å². The van der Waals surface area contributed by atoms with Gasteiger partial charge in [-0.15, -0.1) is 0 Å². The van der Waals surface area contributed by atoms with Gasteiger partial charge in [-0.1, -0.05) is 12.7 Å². The molecule has 0 aromatic heterocycles. The highest BCUT2D eigenvalue weighted by Gasteiger charge is 2.23. The van der Waals surface area contributed by atoms with E-state index in [0.717, 1.165) is 19.4 Å². The third-order valence-electron chi connectivity index (χ3n) is 3.51. The highest BCUT2D eigenvalue weighted by atomic mass is 16.5. The molecule has 1 heterocycles. The van der Waals surface area contributed by atoms with Gasteiger partial charge in [0.25, 0.3) is 5.91 Å². The van der Waals surface area contributed by atoms with E-state index in [-0.39, 0.29) is 11.9 Å². The average Bonchev–Trinajstić information content (AvgIpc) is 2.52. The van der Waals surface area contributed by atoms with Gasteiger partial charge in [-0.25, -0.2) is 0 Å². The molecule has 1 aliphatic rings. The van der Waals surface area contributed by atoms with Crippen LogP contribution in [-0.2, 0) is 0 Å². The Morgan fingerprint density at radius 1 is 1.52 bits per heavy atom. The molecule has 0 saturated carbocycles. The average molecular weight is 290 g/mol. The quantitative estimate of drug-likeness (QED) is 0.840. The molecule has 0 spiro atoms. The number of benzene rings is 1. The van der Waals surface area contributed by atoms with Crippen molar-refractivity contribution in [2.24, 2.45) is 5.73 Å². The molecule has 1 fully saturated rings. The fourth-order valence-corrected chi connectivity index (χ4v) is 2.45. The summed E-state index contributed by atoms with van der Waals surface area (Å²) >= 11 is 0. The molecule has 1 aromatic rings. The molecule has 0 aliphatic carbocycles. The Kier molecular flexibility index (Phi) is 5.22. The van der Waals surface area contributed by atoms with Gasteiger partial charge >= 0.3 is 0 Å². The fraction of sp³-hybridized carbons (Fsp3) is 0.438. The predicted molar refractivity (Wildman–Crippen MR) is 81.8 cm³/mol. The highest BCUT2D eigenvalue weighted by Crippen LogP contribution is 2.29. The van der Waals surface area contributed by atoms with Crippen molar-refractivity contribution in [1.29, 1.82) is 0 Å². The molecule has 2 rings (SSSR count). The molecule has 2 N–H and O–H groups in total. The number of likely N-dealkylation sites (tertiary alicyclic amines) is 1. The number of amides is 1. The van der Waals surface area contributed by atoms with Gasteiger partial charge in [0, 0.05) is 24.7 Å². The molecule has 1 aliphatic heterocycles. The number of ether oxygens (including phenoxy) is 2. The van der Waals surface area contributed by atoms with Crippen LogP contribution < -0.4 is 15.2 Å². The van der Waals surface area contributed by atoms with Crippen molar-refractivity contribution >= 4 is 5.91 Å². The lowest BCUT2D eigenvalue weighted by molar-refractivity contribution is 0.0708. The Balaban J connectivity index is 2.15. The van der Waals surface area contributed by atoms with Crippen molar-refractivity contribution < 1.29 is 14.3 Å². The molecule has 0 radical (unpaired) electrons. The zero-order chi connectivity index (χ0) is 15.2. The van der Waals surface area contributed by atoms with E-state index >= 15 is 0 Å². The first-order chi connectivity index (χ1) is 10.2. The van der Waals surface area contributed by atoms with Crippen LogP contribution in [0.1, 0.15) is 23.2 Å². The number of carbonyl (C=O) groups excluding carboxylic acids is 1. The smallest absolute Gasteiger partial charge is 0.254 e. The van der Waals surface area contributed by atoms with Gasteiger partial charge in [-0.3, -0.25) is 4.79 Å². The molecule has 21 heavy (non-hydrogen) atoms. The van der Waals surface area contributed by atoms with Gasteiger partial charge < -0.3 is 20.1 Å². The van der Waals surface area contributed by atoms with Crippen LogP contribution in [0.2, 0.25) is 0 Å². The number of rotatable bonds is 5. The maximum absolute atomic E-state index is 12.5. The van der Waals surface area contributed by atoms with E-state index in [1.54, 1.807) is 36.3 Å². The lowest BCUT2D eigenvalue weighted by Crippen LogP contribution is -2.45. The first-order valence-corrected chi connectivity index (χ1v) is 7.12. The minimum atomic E-state index is -0.0151. The summed E-state index contributed by atoms with van der Waals surface area (Å²) in [6, 6.07) is 5.28. The Labute approximate surface area is 125 Å². The standard InChI is InChI=1S/C16H22N2O3/c1-3-9-21-14-7-6-12(10-15(14)20-2)16(19)18-8-4-5-13(17)11-18/h3,6-7,10,13H,1,4-5,8-9,11,17H2,2H3. The van der Waals surface area contributed by atoms with Crippen molar-refractivity contribution in [3.8, 4) is 11.5 Å². The number of carbonyl (C=O) groups is 1. The third-order valence-corrected chi connectivity index (χ3v) is 3.51. The van der Waals surface area contributed by atoms with E-state index in [2.05, 4.69) is 6.58 Å². The molecular formula is C16H22N2O3. The lowest BCUT2D eigenvalue weighted by Gasteiger charge is -2.31. The van der Waals surface area contributed by atoms with Gasteiger partial charge in [0.1, 0.15) is 6.61 Å². The fourth-order valence-electron chi connectivity index (χ4n) is 2.45. The van der Waals surface area contributed by atoms with Crippen LogP contribution >= 0.6 is 0 Å². The second-order valence-electron chi connectivity index (χ2n) is 5.12. The van der Waals surface area contributed by atoms with Crippen LogP contribution in [0.25, 0.3) is 0 Å². The van der Waals surface area contributed by atoms with Gasteiger partial charge in [0.05, 0.1) is 7.11 Å². The van der Waals surface area contributed by atoms with Crippen LogP contribution in [0.5, 0.6) is 11.5 Å². The normalized spacial score (nSPS) is 18.2. The molecule has 1 unspecified atom stereocenters. The highest BCUT2D eigenvalue weighted by molar-refractivity contribution is 5.95. The molecule has 1 saturated heterocycles. The molecule has 114 valence electrons. The largest absolute Gasteiger partial charge is 0.493 e. The maximum atomic E-state index is 12.5. The van der Waals surface area contributed by atoms with Crippen LogP contribution in [0.15, 0.2) is 30.9 Å². The summed E-state index contributed by atoms with van der Waals surface area (Å²) in [5, 5.41) is 0. The van der Waals surface area contributed by atoms with Gasteiger partial charge in [0.2, 0.25) is 0 Å². The van der Waals surface area contributed by atoms with Gasteiger partial charge in [-0.05, 0) is 31.0 Å². The summed E-state index contributed by atoms with van der Waals surface area (Å²) in [6.45, 7) is 5.36. The van der Waals surface area contributed by atoms with Crippen molar-refractivity contribution in [3.05, 3.63) is 36.4 Å². The molecule has 5 nitrogen and oxygen atoms in total. The first kappa shape index (κ1) is 15.4. The number of hydrogen-bond acceptors (Lipinski definition) is 4. The lowest BCUT2D eigenvalue weighted by atomic mass is 10.1. The maximum Gasteiger partial charge on any atom is 0.254 e. The van der Waals surface area contributed by atoms with Crippen LogP contribution in [-0.4, -0.2) is 43.7 Å². The van der Waals surface area contributed by atoms with E-state index in [1.165, 1.54) is 0 Å². The topological polar surface area (TPSA) is 64.8 Å². The Hall–Kier alpha value is -2.01. The minimum absolute atomic E-state index is 0.0151. The molecule has 0 bridgehead atoms. The van der Waals surface area contributed by atoms with E-state index in [1.807, 2.05) is 0 Å². The van der Waals surface area contributed by atoms with Gasteiger partial charge in [0.15, 0.2) is 11.5 Å². The minimum Gasteiger partial charge on any atom is -0.493 e. The van der Waals surface area contributed by atoms with Crippen LogP contribution in [0.4, 0.5) is 0 Å². The van der Waals surface area contributed by atoms with E-state index in [9.17, 15) is 4.79 Å². The Morgan fingerprint density at radius 2 is 2.33 bits per heavy atom. The Morgan fingerprint density at radius 3 is 3.00 bits per heavy atom. The SMILES string of the molecule is C=CCOc1ccc(C(=O)N2CCCC(N)C2)cc1OC. The summed E-state index contributed by atoms with van der Waals surface area (Å²) in [5.41, 5.74) is 6.52. The second kappa shape index (κ2) is 7.13. The number of nitrogens with two attached hydrogens (primary N) is 1. The molecule has 1 aromatic carbocycles. The van der Waals surface area contributed by atoms with Crippen molar-refractivity contribution in [3.63, 3.8) is 0 Å². The van der Waals surface area contributed by atoms with Crippen molar-refractivity contribution in [2.45, 2.75) is 18.9 Å². The summed E-state index contributed by atoms with van der Waals surface area (Å²) in [6.07, 6.45) is 3.58. The van der Waals surface area contributed by atoms with Crippen molar-refractivity contribution in [2.75, 3.05) is 26.8 Å². The monoisotopic (exact) mass is 290 g/mol. The number of piperidine rings is 1. The van der Waals surface area contributed by atoms with Gasteiger partial charge in [-0.2, -0.15) is 0 Å². The van der Waals surface area contributed by atoms with Crippen molar-refractivity contribution in [1.82, 2.24) is 4.90 Å². The van der Waals surface area contributed by atoms with E-state index in [4.69, 9.17) is 15.2 Å². The zero-order valence-corrected chi connectivity index (χ0v) is 12.4. The summed E-state index contributed by atoms with van der Waals surface area (Å²) in [7, 11) is 1.56. The number of methoxy groups -OCH3 is 1. The second-order valence-corrected chi connectivity index (χ2v) is 5.12. The summed E-state index contributed by atoms with van der Waals surface area (Å²) in [4.78, 5) is 14.3. The Bertz CT molecular complexity index is 516. The number of hydrogen-bond donors (Lipinski definition) is 1. The van der Waals surface area contributed by atoms with E-state index < -0.39 is 0 Å². The summed E-state index contributed by atoms with van der Waals surface area (Å²) < 4.78 is 10.8. The molecule has 1 atom stereocenters. The number of nitrogens with zero attached hydrogens (tertiary/aromatic N) is 1. The molecular weight excluding hydrogens is 268 g/mol. The molecule has 5 heteroatoms. The molecule has 1 amide bonds. The summed E-state index contributed by atoms with van der Waals surface area (Å²) in [5.74, 6) is 1.13. The zero-order valence-electron chi connectivity index (χ0n) is 12.4.